The van der Waals surface area contributed by atoms with Crippen molar-refractivity contribution in [3.63, 3.8) is 0 Å². The maximum atomic E-state index is 11.0. The molecule has 124 valence electrons. The number of benzene rings is 2. The summed E-state index contributed by atoms with van der Waals surface area (Å²) in [6.07, 6.45) is 1.50. The molecule has 1 N–H and O–H groups in total. The van der Waals surface area contributed by atoms with Crippen molar-refractivity contribution in [2.45, 2.75) is 0 Å². The van der Waals surface area contributed by atoms with Crippen molar-refractivity contribution in [3.05, 3.63) is 68.3 Å². The average Bonchev–Trinajstić information content (AvgIpc) is 2.55. The highest BCUT2D eigenvalue weighted by Crippen LogP contribution is 2.28. The van der Waals surface area contributed by atoms with E-state index in [4.69, 9.17) is 0 Å². The fourth-order valence-corrected chi connectivity index (χ4v) is 1.91. The number of non-ortho nitro benzene ring substituents is 1. The predicted molar refractivity (Wildman–Crippen MR) is 91.7 cm³/mol. The summed E-state index contributed by atoms with van der Waals surface area (Å²) in [7, 11) is 3.86. The third-order valence-corrected chi connectivity index (χ3v) is 3.20. The van der Waals surface area contributed by atoms with Gasteiger partial charge in [-0.15, -0.1) is 0 Å². The van der Waals surface area contributed by atoms with Gasteiger partial charge in [0.05, 0.1) is 22.1 Å². The largest absolute Gasteiger partial charge is 0.378 e. The van der Waals surface area contributed by atoms with Crippen molar-refractivity contribution in [2.75, 3.05) is 24.4 Å². The zero-order valence-electron chi connectivity index (χ0n) is 13.0. The monoisotopic (exact) mass is 329 g/mol. The summed E-state index contributed by atoms with van der Waals surface area (Å²) >= 11 is 0. The highest BCUT2D eigenvalue weighted by atomic mass is 16.6. The van der Waals surface area contributed by atoms with E-state index in [1.807, 2.05) is 43.3 Å². The van der Waals surface area contributed by atoms with Gasteiger partial charge in [0.1, 0.15) is 5.69 Å². The van der Waals surface area contributed by atoms with Gasteiger partial charge in [-0.3, -0.25) is 25.7 Å². The first kappa shape index (κ1) is 16.9. The number of hydrogen-bond donors (Lipinski definition) is 1. The number of nitrogens with zero attached hydrogens (tertiary/aromatic N) is 4. The number of nitrogens with one attached hydrogen (secondary N) is 1. The van der Waals surface area contributed by atoms with Crippen LogP contribution in [0.3, 0.4) is 0 Å². The van der Waals surface area contributed by atoms with Crippen LogP contribution in [0.2, 0.25) is 0 Å². The molecule has 0 saturated carbocycles. The lowest BCUT2D eigenvalue weighted by molar-refractivity contribution is -0.393. The van der Waals surface area contributed by atoms with Crippen molar-refractivity contribution >= 4 is 29.0 Å². The lowest BCUT2D eigenvalue weighted by atomic mass is 10.2. The zero-order chi connectivity index (χ0) is 17.7. The summed E-state index contributed by atoms with van der Waals surface area (Å²) in [4.78, 5) is 22.3. The highest BCUT2D eigenvalue weighted by molar-refractivity contribution is 5.81. The fourth-order valence-electron chi connectivity index (χ4n) is 1.91. The van der Waals surface area contributed by atoms with Crippen LogP contribution in [0.1, 0.15) is 5.56 Å². The van der Waals surface area contributed by atoms with E-state index in [2.05, 4.69) is 10.5 Å². The topological polar surface area (TPSA) is 114 Å². The average molecular weight is 329 g/mol. The minimum Gasteiger partial charge on any atom is -0.378 e. The Hall–Kier alpha value is -3.49. The van der Waals surface area contributed by atoms with Gasteiger partial charge < -0.3 is 4.90 Å². The molecule has 0 aliphatic carbocycles. The third kappa shape index (κ3) is 4.03. The smallest absolute Gasteiger partial charge is 0.301 e. The van der Waals surface area contributed by atoms with Crippen LogP contribution in [0, 0.1) is 20.2 Å². The van der Waals surface area contributed by atoms with Gasteiger partial charge in [-0.25, -0.2) is 0 Å². The predicted octanol–water partition coefficient (Wildman–Crippen LogP) is 3.02. The Morgan fingerprint density at radius 1 is 1.04 bits per heavy atom. The van der Waals surface area contributed by atoms with Gasteiger partial charge in [0.15, 0.2) is 0 Å². The van der Waals surface area contributed by atoms with E-state index in [9.17, 15) is 20.2 Å². The van der Waals surface area contributed by atoms with Crippen molar-refractivity contribution in [1.29, 1.82) is 0 Å². The minimum atomic E-state index is -0.698. The molecule has 0 spiro atoms. The van der Waals surface area contributed by atoms with Gasteiger partial charge >= 0.3 is 5.69 Å². The van der Waals surface area contributed by atoms with Gasteiger partial charge in [-0.1, -0.05) is 12.1 Å². The van der Waals surface area contributed by atoms with Crippen LogP contribution >= 0.6 is 0 Å². The number of anilines is 2. The molecule has 0 radical (unpaired) electrons. The van der Waals surface area contributed by atoms with Gasteiger partial charge in [0, 0.05) is 25.8 Å². The summed E-state index contributed by atoms with van der Waals surface area (Å²) in [5.74, 6) is 0. The summed E-state index contributed by atoms with van der Waals surface area (Å²) in [5.41, 5.74) is 3.69. The molecule has 2 aromatic rings. The molecule has 9 nitrogen and oxygen atoms in total. The maximum Gasteiger partial charge on any atom is 0.301 e. The van der Waals surface area contributed by atoms with Crippen LogP contribution in [0.4, 0.5) is 22.7 Å². The van der Waals surface area contributed by atoms with Crippen molar-refractivity contribution in [1.82, 2.24) is 0 Å². The Morgan fingerprint density at radius 3 is 2.25 bits per heavy atom. The fraction of sp³-hybridized carbons (Fsp3) is 0.133. The molecule has 0 saturated heterocycles. The molecule has 0 atom stereocenters. The SMILES string of the molecule is CN(C)c1ccc(/C=N/Nc2ccc([N+](=O)[O-])cc2[N+](=O)[O-])cc1. The Balaban J connectivity index is 2.16. The standard InChI is InChI=1S/C15H15N5O4/c1-18(2)12-5-3-11(4-6-12)10-16-17-14-8-7-13(19(21)22)9-15(14)20(23)24/h3-10,17H,1-2H3/b16-10+. The van der Waals surface area contributed by atoms with Crippen LogP contribution in [0.15, 0.2) is 47.6 Å². The summed E-state index contributed by atoms with van der Waals surface area (Å²) in [5, 5.41) is 25.6. The molecular formula is C15H15N5O4. The molecular weight excluding hydrogens is 314 g/mol. The van der Waals surface area contributed by atoms with E-state index in [0.29, 0.717) is 0 Å². The Bertz CT molecular complexity index is 787. The number of rotatable bonds is 6. The molecule has 0 fully saturated rings. The summed E-state index contributed by atoms with van der Waals surface area (Å²) in [6.45, 7) is 0. The molecule has 0 aliphatic heterocycles. The summed E-state index contributed by atoms with van der Waals surface area (Å²) < 4.78 is 0. The first-order valence-electron chi connectivity index (χ1n) is 6.88. The zero-order valence-corrected chi connectivity index (χ0v) is 13.0. The quantitative estimate of drug-likeness (QED) is 0.495. The van der Waals surface area contributed by atoms with E-state index in [1.165, 1.54) is 18.3 Å². The minimum absolute atomic E-state index is 0.0757. The van der Waals surface area contributed by atoms with Crippen molar-refractivity contribution < 1.29 is 9.85 Å². The highest BCUT2D eigenvalue weighted by Gasteiger charge is 2.18. The van der Waals surface area contributed by atoms with E-state index >= 15 is 0 Å². The number of hydrazone groups is 1. The van der Waals surface area contributed by atoms with Gasteiger partial charge in [-0.2, -0.15) is 5.10 Å². The van der Waals surface area contributed by atoms with E-state index in [-0.39, 0.29) is 11.4 Å². The van der Waals surface area contributed by atoms with Crippen molar-refractivity contribution in [2.24, 2.45) is 5.10 Å². The number of nitro groups is 2. The number of hydrogen-bond acceptors (Lipinski definition) is 7. The van der Waals surface area contributed by atoms with Gasteiger partial charge in [0.2, 0.25) is 0 Å². The van der Waals surface area contributed by atoms with E-state index in [1.54, 1.807) is 0 Å². The molecule has 24 heavy (non-hydrogen) atoms. The van der Waals surface area contributed by atoms with Crippen molar-refractivity contribution in [3.8, 4) is 0 Å². The molecule has 0 bridgehead atoms. The van der Waals surface area contributed by atoms with E-state index in [0.717, 1.165) is 17.3 Å². The molecule has 0 aliphatic rings. The van der Waals surface area contributed by atoms with Crippen LogP contribution in [-0.2, 0) is 0 Å². The Morgan fingerprint density at radius 2 is 1.71 bits per heavy atom. The van der Waals surface area contributed by atoms with Crippen LogP contribution in [0.5, 0.6) is 0 Å². The van der Waals surface area contributed by atoms with Crippen LogP contribution in [0.25, 0.3) is 0 Å². The Labute approximate surface area is 137 Å². The first-order chi connectivity index (χ1) is 11.4. The second-order valence-electron chi connectivity index (χ2n) is 5.07. The second kappa shape index (κ2) is 7.18. The number of nitro benzene ring substituents is 2. The lowest BCUT2D eigenvalue weighted by Crippen LogP contribution is -2.08. The normalized spacial score (nSPS) is 10.6. The molecule has 0 aromatic heterocycles. The molecule has 2 aromatic carbocycles. The van der Waals surface area contributed by atoms with Gasteiger partial charge in [0.25, 0.3) is 5.69 Å². The summed E-state index contributed by atoms with van der Waals surface area (Å²) in [6, 6.07) is 10.9. The van der Waals surface area contributed by atoms with Crippen LogP contribution < -0.4 is 10.3 Å². The van der Waals surface area contributed by atoms with E-state index < -0.39 is 15.5 Å². The molecule has 2 rings (SSSR count). The first-order valence-corrected chi connectivity index (χ1v) is 6.88. The Kier molecular flexibility index (Phi) is 5.05. The molecule has 0 heterocycles. The second-order valence-corrected chi connectivity index (χ2v) is 5.07. The third-order valence-electron chi connectivity index (χ3n) is 3.20. The molecule has 9 heteroatoms. The van der Waals surface area contributed by atoms with Gasteiger partial charge in [-0.05, 0) is 23.8 Å². The maximum absolute atomic E-state index is 11.0. The molecule has 0 amide bonds. The molecule has 0 unspecified atom stereocenters. The van der Waals surface area contributed by atoms with Crippen LogP contribution in [-0.4, -0.2) is 30.2 Å². The lowest BCUT2D eigenvalue weighted by Gasteiger charge is -2.11.